The van der Waals surface area contributed by atoms with E-state index in [4.69, 9.17) is 4.74 Å². The first kappa shape index (κ1) is 22.7. The minimum atomic E-state index is -5.04. The Labute approximate surface area is 174 Å². The largest absolute Gasteiger partial charge is 0.573 e. The Morgan fingerprint density at radius 2 is 2.03 bits per heavy atom. The predicted octanol–water partition coefficient (Wildman–Crippen LogP) is 3.37. The van der Waals surface area contributed by atoms with Gasteiger partial charge in [-0.2, -0.15) is 0 Å². The molecular weight excluding hydrogens is 422 g/mol. The molecule has 0 bridgehead atoms. The van der Waals surface area contributed by atoms with Gasteiger partial charge in [0.1, 0.15) is 11.5 Å². The molecular formula is C20H21F4N3O4. The number of nitrogens with one attached hydrogen (secondary N) is 2. The van der Waals surface area contributed by atoms with Crippen molar-refractivity contribution in [2.75, 3.05) is 13.7 Å². The van der Waals surface area contributed by atoms with Gasteiger partial charge in [0.2, 0.25) is 0 Å². The number of alkyl halides is 3. The molecule has 2 aromatic rings. The van der Waals surface area contributed by atoms with Gasteiger partial charge in [-0.15, -0.1) is 13.2 Å². The number of halogens is 4. The first-order valence-electron chi connectivity index (χ1n) is 9.47. The number of amides is 1. The van der Waals surface area contributed by atoms with Crippen LogP contribution >= 0.6 is 0 Å². The number of nitrogens with zero attached hydrogens (tertiary/aromatic N) is 1. The molecule has 1 atom stereocenters. The molecule has 11 heteroatoms. The van der Waals surface area contributed by atoms with Crippen LogP contribution < -0.4 is 15.6 Å². The summed E-state index contributed by atoms with van der Waals surface area (Å²) in [5, 5.41) is 2.58. The lowest BCUT2D eigenvalue weighted by molar-refractivity contribution is -0.275. The van der Waals surface area contributed by atoms with Gasteiger partial charge in [0, 0.05) is 18.6 Å². The molecule has 3 rings (SSSR count). The van der Waals surface area contributed by atoms with Crippen molar-refractivity contribution in [1.29, 1.82) is 0 Å². The maximum atomic E-state index is 14.1. The van der Waals surface area contributed by atoms with Gasteiger partial charge >= 0.3 is 6.36 Å². The third-order valence-corrected chi connectivity index (χ3v) is 5.23. The van der Waals surface area contributed by atoms with Crippen molar-refractivity contribution < 1.29 is 31.8 Å². The van der Waals surface area contributed by atoms with Crippen molar-refractivity contribution in [2.45, 2.75) is 44.0 Å². The smallest absolute Gasteiger partial charge is 0.403 e. The summed E-state index contributed by atoms with van der Waals surface area (Å²) >= 11 is 0. The van der Waals surface area contributed by atoms with Gasteiger partial charge in [-0.25, -0.2) is 9.37 Å². The first-order chi connectivity index (χ1) is 14.5. The fraction of sp³-hybridized carbons (Fsp3) is 0.450. The Hall–Kier alpha value is -2.95. The van der Waals surface area contributed by atoms with E-state index in [2.05, 4.69) is 20.0 Å². The van der Waals surface area contributed by atoms with E-state index in [9.17, 15) is 27.2 Å². The third kappa shape index (κ3) is 5.40. The zero-order chi connectivity index (χ0) is 22.8. The Balaban J connectivity index is 1.83. The lowest BCUT2D eigenvalue weighted by Crippen LogP contribution is -2.37. The van der Waals surface area contributed by atoms with Crippen LogP contribution in [-0.2, 0) is 10.2 Å². The van der Waals surface area contributed by atoms with Crippen molar-refractivity contribution in [2.24, 2.45) is 0 Å². The van der Waals surface area contributed by atoms with Crippen LogP contribution in [0.5, 0.6) is 5.75 Å². The molecule has 1 aliphatic rings. The second-order valence-corrected chi connectivity index (χ2v) is 7.61. The Morgan fingerprint density at radius 1 is 1.32 bits per heavy atom. The van der Waals surface area contributed by atoms with Crippen molar-refractivity contribution in [3.05, 3.63) is 57.5 Å². The number of hydrogen-bond acceptors (Lipinski definition) is 5. The highest BCUT2D eigenvalue weighted by atomic mass is 19.4. The highest BCUT2D eigenvalue weighted by Crippen LogP contribution is 2.41. The normalized spacial score (nSPS) is 16.3. The predicted molar refractivity (Wildman–Crippen MR) is 101 cm³/mol. The molecule has 1 aromatic heterocycles. The summed E-state index contributed by atoms with van der Waals surface area (Å²) in [5.41, 5.74) is -0.756. The molecule has 0 aliphatic heterocycles. The third-order valence-electron chi connectivity index (χ3n) is 5.23. The molecule has 0 saturated heterocycles. The van der Waals surface area contributed by atoms with E-state index in [1.165, 1.54) is 13.2 Å². The molecule has 0 radical (unpaired) electrons. The zero-order valence-corrected chi connectivity index (χ0v) is 16.8. The average molecular weight is 443 g/mol. The van der Waals surface area contributed by atoms with E-state index >= 15 is 0 Å². The lowest BCUT2D eigenvalue weighted by atomic mass is 9.70. The van der Waals surface area contributed by atoms with Gasteiger partial charge in [0.15, 0.2) is 11.6 Å². The molecule has 1 unspecified atom stereocenters. The Morgan fingerprint density at radius 3 is 2.58 bits per heavy atom. The molecule has 7 nitrogen and oxygen atoms in total. The van der Waals surface area contributed by atoms with Crippen molar-refractivity contribution in [1.82, 2.24) is 15.3 Å². The fourth-order valence-corrected chi connectivity index (χ4v) is 3.37. The van der Waals surface area contributed by atoms with Crippen LogP contribution in [0.25, 0.3) is 0 Å². The fourth-order valence-electron chi connectivity index (χ4n) is 3.37. The maximum absolute atomic E-state index is 14.1. The second-order valence-electron chi connectivity index (χ2n) is 7.61. The maximum Gasteiger partial charge on any atom is 0.573 e. The Kier molecular flexibility index (Phi) is 6.35. The lowest BCUT2D eigenvalue weighted by Gasteiger charge is -2.37. The van der Waals surface area contributed by atoms with E-state index in [1.54, 1.807) is 0 Å². The van der Waals surface area contributed by atoms with Crippen molar-refractivity contribution in [3.8, 4) is 5.75 Å². The van der Waals surface area contributed by atoms with Crippen molar-refractivity contribution >= 4 is 5.91 Å². The number of aromatic amines is 1. The second kappa shape index (κ2) is 8.66. The number of carbonyl (C=O) groups excluding carboxylic acids is 1. The SMILES string of the molecule is COCC(NC(=O)c1cc(=O)[nH]c(C2(C)CCC2)n1)c1ccc(OC(F)(F)F)c(F)c1. The topological polar surface area (TPSA) is 93.3 Å². The van der Waals surface area contributed by atoms with Gasteiger partial charge in [-0.05, 0) is 30.5 Å². The number of hydrogen-bond donors (Lipinski definition) is 2. The van der Waals surface area contributed by atoms with Crippen LogP contribution in [0, 0.1) is 5.82 Å². The van der Waals surface area contributed by atoms with Gasteiger partial charge in [0.25, 0.3) is 11.5 Å². The van der Waals surface area contributed by atoms with E-state index in [0.29, 0.717) is 5.82 Å². The number of aromatic nitrogens is 2. The number of carbonyl (C=O) groups is 1. The zero-order valence-electron chi connectivity index (χ0n) is 16.8. The van der Waals surface area contributed by atoms with E-state index in [0.717, 1.165) is 37.5 Å². The van der Waals surface area contributed by atoms with Crippen LogP contribution in [-0.4, -0.2) is 36.0 Å². The molecule has 1 aliphatic carbocycles. The van der Waals surface area contributed by atoms with Gasteiger partial charge in [-0.1, -0.05) is 19.4 Å². The van der Waals surface area contributed by atoms with Gasteiger partial charge in [0.05, 0.1) is 12.6 Å². The molecule has 31 heavy (non-hydrogen) atoms. The average Bonchev–Trinajstić information content (AvgIpc) is 2.65. The summed E-state index contributed by atoms with van der Waals surface area (Å²) < 4.78 is 59.8. The molecule has 1 heterocycles. The summed E-state index contributed by atoms with van der Waals surface area (Å²) in [5.74, 6) is -2.53. The van der Waals surface area contributed by atoms with Crippen LogP contribution in [0.3, 0.4) is 0 Å². The quantitative estimate of drug-likeness (QED) is 0.640. The molecule has 1 fully saturated rings. The summed E-state index contributed by atoms with van der Waals surface area (Å²) in [6.45, 7) is 1.84. The minimum Gasteiger partial charge on any atom is -0.403 e. The van der Waals surface area contributed by atoms with E-state index in [1.807, 2.05) is 6.92 Å². The summed E-state index contributed by atoms with van der Waals surface area (Å²) in [6.07, 6.45) is -2.38. The van der Waals surface area contributed by atoms with Crippen LogP contribution in [0.1, 0.15) is 54.1 Å². The van der Waals surface area contributed by atoms with Crippen molar-refractivity contribution in [3.63, 3.8) is 0 Å². The number of rotatable bonds is 7. The Bertz CT molecular complexity index is 1020. The van der Waals surface area contributed by atoms with Crippen LogP contribution in [0.15, 0.2) is 29.1 Å². The highest BCUT2D eigenvalue weighted by molar-refractivity contribution is 5.92. The van der Waals surface area contributed by atoms with Gasteiger partial charge < -0.3 is 19.8 Å². The molecule has 168 valence electrons. The number of benzene rings is 1. The number of H-pyrrole nitrogens is 1. The van der Waals surface area contributed by atoms with Crippen LogP contribution in [0.4, 0.5) is 17.6 Å². The summed E-state index contributed by atoms with van der Waals surface area (Å²) in [7, 11) is 1.34. The summed E-state index contributed by atoms with van der Waals surface area (Å²) in [6, 6.07) is 2.95. The highest BCUT2D eigenvalue weighted by Gasteiger charge is 2.37. The first-order valence-corrected chi connectivity index (χ1v) is 9.47. The molecule has 1 amide bonds. The molecule has 1 saturated carbocycles. The van der Waals surface area contributed by atoms with E-state index < -0.39 is 35.4 Å². The number of methoxy groups -OCH3 is 1. The standard InChI is InChI=1S/C20H21F4N3O4/c1-19(6-3-7-19)18-26-13(9-16(28)27-18)17(29)25-14(10-30-2)11-4-5-15(12(21)8-11)31-20(22,23)24/h4-5,8-9,14H,3,6-7,10H2,1-2H3,(H,25,29)(H,26,27,28). The van der Waals surface area contributed by atoms with Crippen LogP contribution in [0.2, 0.25) is 0 Å². The molecule has 1 aromatic carbocycles. The molecule has 0 spiro atoms. The van der Waals surface area contributed by atoms with E-state index in [-0.39, 0.29) is 23.3 Å². The summed E-state index contributed by atoms with van der Waals surface area (Å²) in [4.78, 5) is 31.7. The molecule has 2 N–H and O–H groups in total. The minimum absolute atomic E-state index is 0.0988. The number of ether oxygens (including phenoxy) is 2. The van der Waals surface area contributed by atoms with Gasteiger partial charge in [-0.3, -0.25) is 9.59 Å². The monoisotopic (exact) mass is 443 g/mol.